The van der Waals surface area contributed by atoms with E-state index in [1.807, 2.05) is 13.8 Å². The monoisotopic (exact) mass is 285 g/mol. The van der Waals surface area contributed by atoms with Crippen LogP contribution in [0.25, 0.3) is 11.4 Å². The molecule has 0 unspecified atom stereocenters. The fourth-order valence-corrected chi connectivity index (χ4v) is 2.09. The van der Waals surface area contributed by atoms with Crippen molar-refractivity contribution < 1.29 is 8.78 Å². The molecule has 1 aromatic heterocycles. The Hall–Kier alpha value is -1.49. The molecule has 19 heavy (non-hydrogen) atoms. The van der Waals surface area contributed by atoms with Crippen molar-refractivity contribution in [1.29, 1.82) is 0 Å². The van der Waals surface area contributed by atoms with Gasteiger partial charge in [0.2, 0.25) is 0 Å². The summed E-state index contributed by atoms with van der Waals surface area (Å²) in [5, 5.41) is 7.77. The molecule has 0 spiro atoms. The minimum Gasteiger partial charge on any atom is -0.310 e. The lowest BCUT2D eigenvalue weighted by Crippen LogP contribution is -2.10. The molecule has 2 aromatic rings. The summed E-state index contributed by atoms with van der Waals surface area (Å²) < 4.78 is 29.3. The number of nitrogens with zero attached hydrogens (tertiary/aromatic N) is 3. The third-order valence-corrected chi connectivity index (χ3v) is 2.92. The zero-order valence-electron chi connectivity index (χ0n) is 10.7. The van der Waals surface area contributed by atoms with Crippen LogP contribution in [0.1, 0.15) is 19.7 Å². The predicted molar refractivity (Wildman–Crippen MR) is 69.8 cm³/mol. The van der Waals surface area contributed by atoms with E-state index in [0.29, 0.717) is 12.4 Å². The summed E-state index contributed by atoms with van der Waals surface area (Å²) in [7, 11) is 0. The maximum Gasteiger partial charge on any atom is 0.169 e. The second kappa shape index (κ2) is 5.65. The minimum absolute atomic E-state index is 0.149. The predicted octanol–water partition coefficient (Wildman–Crippen LogP) is 3.62. The van der Waals surface area contributed by atoms with Crippen LogP contribution >= 0.6 is 11.6 Å². The van der Waals surface area contributed by atoms with E-state index in [1.165, 1.54) is 18.2 Å². The molecule has 0 aliphatic heterocycles. The van der Waals surface area contributed by atoms with Gasteiger partial charge in [0.1, 0.15) is 17.5 Å². The van der Waals surface area contributed by atoms with E-state index in [4.69, 9.17) is 11.6 Å². The zero-order chi connectivity index (χ0) is 14.0. The molecule has 1 heterocycles. The first-order chi connectivity index (χ1) is 9.04. The van der Waals surface area contributed by atoms with E-state index in [-0.39, 0.29) is 23.2 Å². The first-order valence-electron chi connectivity index (χ1n) is 5.97. The summed E-state index contributed by atoms with van der Waals surface area (Å²) in [6, 6.07) is 3.72. The van der Waals surface area contributed by atoms with E-state index >= 15 is 0 Å². The molecular weight excluding hydrogens is 272 g/mol. The van der Waals surface area contributed by atoms with Crippen LogP contribution in [0.15, 0.2) is 18.2 Å². The fraction of sp³-hybridized carbons (Fsp3) is 0.385. The van der Waals surface area contributed by atoms with E-state index in [9.17, 15) is 8.78 Å². The third-order valence-electron chi connectivity index (χ3n) is 2.68. The molecule has 0 amide bonds. The number of aromatic nitrogens is 3. The molecule has 0 saturated heterocycles. The third kappa shape index (κ3) is 2.76. The van der Waals surface area contributed by atoms with Crippen molar-refractivity contribution in [2.45, 2.75) is 26.3 Å². The van der Waals surface area contributed by atoms with Gasteiger partial charge in [0.25, 0.3) is 0 Å². The molecule has 2 rings (SSSR count). The Morgan fingerprint density at radius 1 is 1.21 bits per heavy atom. The molecule has 0 N–H and O–H groups in total. The average Bonchev–Trinajstić information content (AvgIpc) is 2.71. The fourth-order valence-electron chi connectivity index (χ4n) is 1.89. The van der Waals surface area contributed by atoms with E-state index in [1.54, 1.807) is 4.57 Å². The summed E-state index contributed by atoms with van der Waals surface area (Å²) in [4.78, 5) is 0. The van der Waals surface area contributed by atoms with Gasteiger partial charge in [-0.15, -0.1) is 21.8 Å². The highest BCUT2D eigenvalue weighted by atomic mass is 35.5. The van der Waals surface area contributed by atoms with Gasteiger partial charge in [-0.05, 0) is 18.1 Å². The van der Waals surface area contributed by atoms with Gasteiger partial charge in [-0.25, -0.2) is 8.78 Å². The van der Waals surface area contributed by atoms with Crippen LogP contribution in [0.3, 0.4) is 0 Å². The van der Waals surface area contributed by atoms with Gasteiger partial charge >= 0.3 is 0 Å². The number of benzene rings is 1. The molecule has 0 atom stereocenters. The van der Waals surface area contributed by atoms with Gasteiger partial charge in [0.15, 0.2) is 5.82 Å². The highest BCUT2D eigenvalue weighted by Gasteiger charge is 2.20. The van der Waals surface area contributed by atoms with Crippen LogP contribution in [0.5, 0.6) is 0 Å². The van der Waals surface area contributed by atoms with Crippen molar-refractivity contribution in [1.82, 2.24) is 14.8 Å². The number of hydrogen-bond acceptors (Lipinski definition) is 2. The summed E-state index contributed by atoms with van der Waals surface area (Å²) in [5.74, 6) is -0.188. The molecule has 0 aliphatic rings. The van der Waals surface area contributed by atoms with Crippen LogP contribution in [-0.2, 0) is 12.4 Å². The molecule has 3 nitrogen and oxygen atoms in total. The van der Waals surface area contributed by atoms with Gasteiger partial charge < -0.3 is 4.57 Å². The minimum atomic E-state index is -0.654. The number of alkyl halides is 1. The van der Waals surface area contributed by atoms with Crippen LogP contribution in [0, 0.1) is 17.6 Å². The van der Waals surface area contributed by atoms with Crippen molar-refractivity contribution in [3.8, 4) is 11.4 Å². The van der Waals surface area contributed by atoms with Crippen LogP contribution < -0.4 is 0 Å². The molecular formula is C13H14ClF2N3. The molecule has 0 aliphatic carbocycles. The number of hydrogen-bond donors (Lipinski definition) is 0. The Labute approximate surface area is 115 Å². The standard InChI is InChI=1S/C13H14ClF2N3/c1-8(2)7-19-11(6-14)17-18-13(19)12-9(15)4-3-5-10(12)16/h3-5,8H,6-7H2,1-2H3. The normalized spacial score (nSPS) is 11.3. The Morgan fingerprint density at radius 2 is 1.84 bits per heavy atom. The largest absolute Gasteiger partial charge is 0.310 e. The molecule has 0 bridgehead atoms. The topological polar surface area (TPSA) is 30.7 Å². The smallest absolute Gasteiger partial charge is 0.169 e. The lowest BCUT2D eigenvalue weighted by Gasteiger charge is -2.12. The van der Waals surface area contributed by atoms with Gasteiger partial charge in [-0.1, -0.05) is 19.9 Å². The maximum atomic E-state index is 13.8. The van der Waals surface area contributed by atoms with Gasteiger partial charge in [0, 0.05) is 6.54 Å². The van der Waals surface area contributed by atoms with Crippen molar-refractivity contribution in [3.63, 3.8) is 0 Å². The molecule has 0 fully saturated rings. The van der Waals surface area contributed by atoms with Gasteiger partial charge in [-0.3, -0.25) is 0 Å². The SMILES string of the molecule is CC(C)Cn1c(CCl)nnc1-c1c(F)cccc1F. The summed E-state index contributed by atoms with van der Waals surface area (Å²) >= 11 is 5.79. The zero-order valence-corrected chi connectivity index (χ0v) is 11.5. The average molecular weight is 286 g/mol. The first kappa shape index (κ1) is 13.9. The maximum absolute atomic E-state index is 13.8. The second-order valence-electron chi connectivity index (χ2n) is 4.67. The van der Waals surface area contributed by atoms with Gasteiger partial charge in [-0.2, -0.15) is 0 Å². The van der Waals surface area contributed by atoms with Crippen molar-refractivity contribution in [3.05, 3.63) is 35.7 Å². The van der Waals surface area contributed by atoms with E-state index in [2.05, 4.69) is 10.2 Å². The Bertz CT molecular complexity index is 561. The van der Waals surface area contributed by atoms with Crippen LogP contribution in [0.4, 0.5) is 8.78 Å². The number of halogens is 3. The van der Waals surface area contributed by atoms with Gasteiger partial charge in [0.05, 0.1) is 11.4 Å². The highest BCUT2D eigenvalue weighted by Crippen LogP contribution is 2.26. The Morgan fingerprint density at radius 3 is 2.37 bits per heavy atom. The van der Waals surface area contributed by atoms with Crippen LogP contribution in [0.2, 0.25) is 0 Å². The Kier molecular flexibility index (Phi) is 4.14. The Balaban J connectivity index is 2.59. The molecule has 0 saturated carbocycles. The number of rotatable bonds is 4. The van der Waals surface area contributed by atoms with Crippen molar-refractivity contribution in [2.24, 2.45) is 5.92 Å². The first-order valence-corrected chi connectivity index (χ1v) is 6.50. The second-order valence-corrected chi connectivity index (χ2v) is 4.94. The van der Waals surface area contributed by atoms with Crippen LogP contribution in [-0.4, -0.2) is 14.8 Å². The lowest BCUT2D eigenvalue weighted by atomic mass is 10.1. The molecule has 0 radical (unpaired) electrons. The summed E-state index contributed by atoms with van der Waals surface area (Å²) in [6.07, 6.45) is 0. The van der Waals surface area contributed by atoms with Crippen molar-refractivity contribution in [2.75, 3.05) is 0 Å². The molecule has 102 valence electrons. The summed E-state index contributed by atoms with van der Waals surface area (Å²) in [5.41, 5.74) is -0.160. The summed E-state index contributed by atoms with van der Waals surface area (Å²) in [6.45, 7) is 4.55. The quantitative estimate of drug-likeness (QED) is 0.803. The lowest BCUT2D eigenvalue weighted by molar-refractivity contribution is 0.511. The molecule has 1 aromatic carbocycles. The van der Waals surface area contributed by atoms with E-state index < -0.39 is 11.6 Å². The molecule has 6 heteroatoms. The highest BCUT2D eigenvalue weighted by molar-refractivity contribution is 6.16. The van der Waals surface area contributed by atoms with E-state index in [0.717, 1.165) is 0 Å². The van der Waals surface area contributed by atoms with Crippen molar-refractivity contribution >= 4 is 11.6 Å².